The molecule has 0 radical (unpaired) electrons. The number of hydrogen-bond donors (Lipinski definition) is 0. The maximum absolute atomic E-state index is 13.5. The molecule has 3 heterocycles. The molecule has 1 amide bonds. The quantitative estimate of drug-likeness (QED) is 0.462. The van der Waals surface area contributed by atoms with Crippen LogP contribution in [-0.2, 0) is 11.3 Å². The molecule has 1 aliphatic heterocycles. The van der Waals surface area contributed by atoms with Crippen LogP contribution in [0.1, 0.15) is 5.69 Å². The summed E-state index contributed by atoms with van der Waals surface area (Å²) in [5.41, 5.74) is 1.53. The topological polar surface area (TPSA) is 64.6 Å². The van der Waals surface area contributed by atoms with E-state index in [0.717, 1.165) is 15.9 Å². The molecule has 0 saturated carbocycles. The van der Waals surface area contributed by atoms with Gasteiger partial charge in [-0.2, -0.15) is 0 Å². The zero-order chi connectivity index (χ0) is 20.5. The van der Waals surface area contributed by atoms with Gasteiger partial charge in [-0.1, -0.05) is 41.1 Å². The minimum atomic E-state index is -0.779. The van der Waals surface area contributed by atoms with Gasteiger partial charge in [0.15, 0.2) is 16.6 Å². The number of nitrogens with zero attached hydrogens (tertiary/aromatic N) is 3. The predicted molar refractivity (Wildman–Crippen MR) is 116 cm³/mol. The van der Waals surface area contributed by atoms with Crippen molar-refractivity contribution in [2.24, 2.45) is 0 Å². The number of ether oxygens (including phenoxy) is 2. The molecule has 1 aliphatic rings. The van der Waals surface area contributed by atoms with Crippen molar-refractivity contribution in [2.75, 3.05) is 11.5 Å². The van der Waals surface area contributed by atoms with E-state index < -0.39 is 6.10 Å². The van der Waals surface area contributed by atoms with E-state index in [-0.39, 0.29) is 19.1 Å². The molecule has 0 aliphatic carbocycles. The molecule has 4 aromatic rings. The van der Waals surface area contributed by atoms with E-state index in [1.165, 1.54) is 11.3 Å². The van der Waals surface area contributed by atoms with Crippen LogP contribution in [0, 0.1) is 0 Å². The van der Waals surface area contributed by atoms with Gasteiger partial charge >= 0.3 is 0 Å². The summed E-state index contributed by atoms with van der Waals surface area (Å²) in [7, 11) is 0. The van der Waals surface area contributed by atoms with E-state index in [9.17, 15) is 4.79 Å². The standard InChI is InChI=1S/C22H16ClN3O3S/c23-14-8-9-16-20(11-14)30-22(25-16)26(12-15-5-3-4-10-24-15)21(27)19-13-28-17-6-1-2-7-18(17)29-19/h1-11,19H,12-13H2. The zero-order valence-electron chi connectivity index (χ0n) is 15.7. The van der Waals surface area contributed by atoms with Gasteiger partial charge in [-0.15, -0.1) is 0 Å². The molecule has 6 nitrogen and oxygen atoms in total. The highest BCUT2D eigenvalue weighted by atomic mass is 35.5. The molecule has 5 rings (SSSR count). The number of carbonyl (C=O) groups is 1. The molecule has 0 N–H and O–H groups in total. The van der Waals surface area contributed by atoms with Crippen LogP contribution in [0.2, 0.25) is 5.02 Å². The van der Waals surface area contributed by atoms with Crippen molar-refractivity contribution < 1.29 is 14.3 Å². The first-order chi connectivity index (χ1) is 14.7. The number of amides is 1. The Kier molecular flexibility index (Phi) is 4.98. The van der Waals surface area contributed by atoms with Gasteiger partial charge < -0.3 is 9.47 Å². The number of aromatic nitrogens is 2. The van der Waals surface area contributed by atoms with Crippen LogP contribution in [0.3, 0.4) is 0 Å². The molecular weight excluding hydrogens is 422 g/mol. The van der Waals surface area contributed by atoms with Crippen LogP contribution < -0.4 is 14.4 Å². The van der Waals surface area contributed by atoms with Crippen molar-refractivity contribution in [1.82, 2.24) is 9.97 Å². The molecule has 30 heavy (non-hydrogen) atoms. The summed E-state index contributed by atoms with van der Waals surface area (Å²) in [6, 6.07) is 18.4. The molecule has 0 fully saturated rings. The Morgan fingerprint density at radius 1 is 1.13 bits per heavy atom. The highest BCUT2D eigenvalue weighted by molar-refractivity contribution is 7.22. The third kappa shape index (κ3) is 3.69. The third-order valence-corrected chi connectivity index (χ3v) is 5.94. The van der Waals surface area contributed by atoms with Crippen molar-refractivity contribution in [3.63, 3.8) is 0 Å². The third-order valence-electron chi connectivity index (χ3n) is 4.67. The van der Waals surface area contributed by atoms with Crippen molar-refractivity contribution >= 4 is 44.2 Å². The Labute approximate surface area is 181 Å². The molecular formula is C22H16ClN3O3S. The zero-order valence-corrected chi connectivity index (χ0v) is 17.3. The summed E-state index contributed by atoms with van der Waals surface area (Å²) < 4.78 is 12.6. The van der Waals surface area contributed by atoms with Gasteiger partial charge in [0.2, 0.25) is 6.10 Å². The van der Waals surface area contributed by atoms with E-state index in [1.807, 2.05) is 48.5 Å². The van der Waals surface area contributed by atoms with Gasteiger partial charge in [-0.05, 0) is 42.5 Å². The molecule has 8 heteroatoms. The molecule has 0 bridgehead atoms. The molecule has 0 spiro atoms. The minimum Gasteiger partial charge on any atom is -0.485 e. The summed E-state index contributed by atoms with van der Waals surface area (Å²) in [5, 5.41) is 1.19. The van der Waals surface area contributed by atoms with Gasteiger partial charge in [0.1, 0.15) is 6.61 Å². The fraction of sp³-hybridized carbons (Fsp3) is 0.136. The maximum atomic E-state index is 13.5. The molecule has 150 valence electrons. The lowest BCUT2D eigenvalue weighted by Gasteiger charge is -2.29. The van der Waals surface area contributed by atoms with E-state index in [0.29, 0.717) is 21.7 Å². The summed E-state index contributed by atoms with van der Waals surface area (Å²) in [6.07, 6.45) is 0.922. The van der Waals surface area contributed by atoms with Gasteiger partial charge in [0.25, 0.3) is 5.91 Å². The number of fused-ring (bicyclic) bond motifs is 2. The first-order valence-electron chi connectivity index (χ1n) is 9.33. The molecule has 1 unspecified atom stereocenters. The summed E-state index contributed by atoms with van der Waals surface area (Å²) in [5.74, 6) is 0.948. The predicted octanol–water partition coefficient (Wildman–Crippen LogP) is 4.72. The van der Waals surface area contributed by atoms with Crippen molar-refractivity contribution in [3.05, 3.63) is 77.6 Å². The number of benzene rings is 2. The average Bonchev–Trinajstić information content (AvgIpc) is 3.20. The number of thiazole rings is 1. The second-order valence-corrected chi connectivity index (χ2v) is 8.16. The van der Waals surface area contributed by atoms with Gasteiger partial charge in [0, 0.05) is 11.2 Å². The van der Waals surface area contributed by atoms with Gasteiger partial charge in [0.05, 0.1) is 22.5 Å². The Bertz CT molecular complexity index is 1210. The normalized spacial score (nSPS) is 15.2. The van der Waals surface area contributed by atoms with Gasteiger partial charge in [-0.3, -0.25) is 14.7 Å². The summed E-state index contributed by atoms with van der Waals surface area (Å²) >= 11 is 7.52. The molecule has 0 saturated heterocycles. The molecule has 1 atom stereocenters. The van der Waals surface area contributed by atoms with Crippen molar-refractivity contribution in [3.8, 4) is 11.5 Å². The number of hydrogen-bond acceptors (Lipinski definition) is 6. The molecule has 2 aromatic carbocycles. The lowest BCUT2D eigenvalue weighted by Crippen LogP contribution is -2.46. The Balaban J connectivity index is 1.49. The van der Waals surface area contributed by atoms with E-state index in [4.69, 9.17) is 21.1 Å². The highest BCUT2D eigenvalue weighted by Gasteiger charge is 2.33. The minimum absolute atomic E-state index is 0.130. The van der Waals surface area contributed by atoms with Crippen LogP contribution >= 0.6 is 22.9 Å². The molecule has 2 aromatic heterocycles. The fourth-order valence-corrected chi connectivity index (χ4v) is 4.46. The van der Waals surface area contributed by atoms with Crippen LogP contribution in [-0.4, -0.2) is 28.6 Å². The maximum Gasteiger partial charge on any atom is 0.273 e. The SMILES string of the molecule is O=C(C1COc2ccccc2O1)N(Cc1ccccn1)c1nc2ccc(Cl)cc2s1. The second-order valence-electron chi connectivity index (χ2n) is 6.72. The van der Waals surface area contributed by atoms with Crippen LogP contribution in [0.15, 0.2) is 66.9 Å². The fourth-order valence-electron chi connectivity index (χ4n) is 3.21. The first-order valence-corrected chi connectivity index (χ1v) is 10.5. The van der Waals surface area contributed by atoms with Crippen LogP contribution in [0.5, 0.6) is 11.5 Å². The van der Waals surface area contributed by atoms with E-state index in [1.54, 1.807) is 23.2 Å². The van der Waals surface area contributed by atoms with E-state index >= 15 is 0 Å². The average molecular weight is 438 g/mol. The lowest BCUT2D eigenvalue weighted by molar-refractivity contribution is -0.127. The number of anilines is 1. The summed E-state index contributed by atoms with van der Waals surface area (Å²) in [6.45, 7) is 0.403. The Morgan fingerprint density at radius 3 is 2.80 bits per heavy atom. The first kappa shape index (κ1) is 18.8. The van der Waals surface area contributed by atoms with Gasteiger partial charge in [-0.25, -0.2) is 4.98 Å². The number of para-hydroxylation sites is 2. The summed E-state index contributed by atoms with van der Waals surface area (Å²) in [4.78, 5) is 24.1. The number of carbonyl (C=O) groups excluding carboxylic acids is 1. The Hall–Kier alpha value is -3.16. The monoisotopic (exact) mass is 437 g/mol. The van der Waals surface area contributed by atoms with Crippen molar-refractivity contribution in [1.29, 1.82) is 0 Å². The van der Waals surface area contributed by atoms with E-state index in [2.05, 4.69) is 9.97 Å². The lowest BCUT2D eigenvalue weighted by atomic mass is 10.2. The number of halogens is 1. The smallest absolute Gasteiger partial charge is 0.273 e. The number of rotatable bonds is 4. The van der Waals surface area contributed by atoms with Crippen LogP contribution in [0.4, 0.5) is 5.13 Å². The van der Waals surface area contributed by atoms with Crippen molar-refractivity contribution in [2.45, 2.75) is 12.6 Å². The second kappa shape index (κ2) is 7.93. The Morgan fingerprint density at radius 2 is 1.97 bits per heavy atom. The number of pyridine rings is 1. The van der Waals surface area contributed by atoms with Crippen LogP contribution in [0.25, 0.3) is 10.2 Å². The largest absolute Gasteiger partial charge is 0.485 e. The highest BCUT2D eigenvalue weighted by Crippen LogP contribution is 2.34.